The molecule has 1 aliphatic heterocycles. The number of aldehydes is 1. The number of fused-ring (bicyclic) bond motifs is 1. The minimum atomic E-state index is -4.40. The van der Waals surface area contributed by atoms with Gasteiger partial charge in [0.2, 0.25) is 0 Å². The fourth-order valence-electron chi connectivity index (χ4n) is 4.39. The number of carbonyl (C=O) groups excluding carboxylic acids is 2. The minimum Gasteiger partial charge on any atom is -0.444 e. The smallest absolute Gasteiger partial charge is 0.418 e. The number of hydrogen-bond acceptors (Lipinski definition) is 6. The molecule has 2 atom stereocenters. The van der Waals surface area contributed by atoms with Crippen LogP contribution in [0.15, 0.2) is 30.5 Å². The number of nitrogens with zero attached hydrogens (tertiary/aromatic N) is 3. The number of anilines is 1. The van der Waals surface area contributed by atoms with Crippen molar-refractivity contribution < 1.29 is 27.5 Å². The SMILES string of the molecule is CC.CC(C)(CC=O)NC(=O)OC(C)(C)C.CC1CC(N(C)C)CN(c2ccc(C(F)(F)F)c3ncccc23)C1. The van der Waals surface area contributed by atoms with Crippen LogP contribution in [0, 0.1) is 5.92 Å². The van der Waals surface area contributed by atoms with Crippen LogP contribution in [-0.2, 0) is 15.7 Å². The van der Waals surface area contributed by atoms with Crippen molar-refractivity contribution in [1.82, 2.24) is 15.2 Å². The first kappa shape index (κ1) is 35.1. The van der Waals surface area contributed by atoms with Gasteiger partial charge in [-0.2, -0.15) is 13.2 Å². The topological polar surface area (TPSA) is 74.8 Å². The molecule has 10 heteroatoms. The summed E-state index contributed by atoms with van der Waals surface area (Å²) in [6, 6.07) is 6.58. The molecule has 7 nitrogen and oxygen atoms in total. The average Bonchev–Trinajstić information content (AvgIpc) is 2.82. The molecule has 3 rings (SSSR count). The monoisotopic (exact) mass is 568 g/mol. The van der Waals surface area contributed by atoms with Crippen LogP contribution in [-0.4, -0.2) is 66.6 Å². The van der Waals surface area contributed by atoms with Crippen LogP contribution in [0.3, 0.4) is 0 Å². The molecule has 0 bridgehead atoms. The summed E-state index contributed by atoms with van der Waals surface area (Å²) in [5.41, 5.74) is -0.867. The molecule has 1 saturated heterocycles. The van der Waals surface area contributed by atoms with Gasteiger partial charge in [0.05, 0.1) is 11.1 Å². The van der Waals surface area contributed by atoms with Crippen molar-refractivity contribution in [2.45, 2.75) is 91.6 Å². The Morgan fingerprint density at radius 1 is 1.12 bits per heavy atom. The summed E-state index contributed by atoms with van der Waals surface area (Å²) in [6.07, 6.45) is -1.33. The highest BCUT2D eigenvalue weighted by Crippen LogP contribution is 2.38. The number of alkyl halides is 3. The highest BCUT2D eigenvalue weighted by molar-refractivity contribution is 5.94. The predicted octanol–water partition coefficient (Wildman–Crippen LogP) is 6.93. The third-order valence-electron chi connectivity index (χ3n) is 6.19. The van der Waals surface area contributed by atoms with Crippen LogP contribution < -0.4 is 10.2 Å². The average molecular weight is 569 g/mol. The highest BCUT2D eigenvalue weighted by Gasteiger charge is 2.35. The van der Waals surface area contributed by atoms with Crippen molar-refractivity contribution in [3.05, 3.63) is 36.0 Å². The third kappa shape index (κ3) is 10.9. The number of benzene rings is 1. The number of hydrogen-bond donors (Lipinski definition) is 1. The second-order valence-electron chi connectivity index (χ2n) is 11.8. The molecule has 2 aromatic rings. The highest BCUT2D eigenvalue weighted by atomic mass is 19.4. The number of rotatable bonds is 5. The first-order valence-electron chi connectivity index (χ1n) is 13.7. The number of nitrogens with one attached hydrogen (secondary N) is 1. The van der Waals surface area contributed by atoms with Crippen LogP contribution in [0.2, 0.25) is 0 Å². The van der Waals surface area contributed by atoms with Gasteiger partial charge in [-0.1, -0.05) is 20.8 Å². The van der Waals surface area contributed by atoms with Crippen molar-refractivity contribution in [2.75, 3.05) is 32.1 Å². The molecule has 40 heavy (non-hydrogen) atoms. The van der Waals surface area contributed by atoms with E-state index in [9.17, 15) is 22.8 Å². The molecule has 1 fully saturated rings. The van der Waals surface area contributed by atoms with E-state index in [4.69, 9.17) is 4.74 Å². The molecule has 0 radical (unpaired) electrons. The number of pyridine rings is 1. The van der Waals surface area contributed by atoms with Crippen LogP contribution >= 0.6 is 0 Å². The van der Waals surface area contributed by atoms with Gasteiger partial charge < -0.3 is 24.6 Å². The molecule has 1 amide bonds. The van der Waals surface area contributed by atoms with E-state index in [2.05, 4.69) is 27.0 Å². The van der Waals surface area contributed by atoms with E-state index < -0.39 is 29.0 Å². The molecular weight excluding hydrogens is 521 g/mol. The number of aromatic nitrogens is 1. The van der Waals surface area contributed by atoms with Crippen LogP contribution in [0.1, 0.15) is 73.8 Å². The summed E-state index contributed by atoms with van der Waals surface area (Å²) < 4.78 is 44.8. The molecule has 2 heterocycles. The number of piperidine rings is 1. The van der Waals surface area contributed by atoms with Crippen LogP contribution in [0.25, 0.3) is 10.9 Å². The number of carbonyl (C=O) groups is 2. The molecule has 1 N–H and O–H groups in total. The maximum Gasteiger partial charge on any atom is 0.418 e. The number of likely N-dealkylation sites (N-methyl/N-ethyl adjacent to an activating group) is 1. The van der Waals surface area contributed by atoms with Gasteiger partial charge in [0, 0.05) is 48.4 Å². The third-order valence-corrected chi connectivity index (χ3v) is 6.19. The van der Waals surface area contributed by atoms with E-state index in [1.807, 2.05) is 27.9 Å². The molecule has 1 aromatic carbocycles. The zero-order chi connectivity index (χ0) is 30.9. The quantitative estimate of drug-likeness (QED) is 0.394. The lowest BCUT2D eigenvalue weighted by Gasteiger charge is -2.41. The van der Waals surface area contributed by atoms with Gasteiger partial charge in [-0.3, -0.25) is 4.98 Å². The van der Waals surface area contributed by atoms with E-state index in [1.165, 1.54) is 6.20 Å². The lowest BCUT2D eigenvalue weighted by Crippen LogP contribution is -2.48. The van der Waals surface area contributed by atoms with Gasteiger partial charge in [-0.25, -0.2) is 4.79 Å². The first-order chi connectivity index (χ1) is 18.4. The van der Waals surface area contributed by atoms with Crippen molar-refractivity contribution in [3.8, 4) is 0 Å². The van der Waals surface area contributed by atoms with E-state index in [-0.39, 0.29) is 11.9 Å². The molecule has 0 saturated carbocycles. The summed E-state index contributed by atoms with van der Waals surface area (Å²) in [5, 5.41) is 3.19. The van der Waals surface area contributed by atoms with Crippen LogP contribution in [0.5, 0.6) is 0 Å². The number of halogens is 3. The van der Waals surface area contributed by atoms with Crippen molar-refractivity contribution in [3.63, 3.8) is 0 Å². The Morgan fingerprint density at radius 3 is 2.27 bits per heavy atom. The second kappa shape index (κ2) is 14.7. The summed E-state index contributed by atoms with van der Waals surface area (Å²) in [7, 11) is 4.10. The summed E-state index contributed by atoms with van der Waals surface area (Å²) in [4.78, 5) is 30.0. The molecular formula is C30H47F3N4O3. The zero-order valence-corrected chi connectivity index (χ0v) is 25.6. The standard InChI is InChI=1S/C18H22F3N3.C10H19NO3.C2H6/c1-12-9-13(23(2)3)11-24(10-12)16-7-6-15(18(19,20)21)17-14(16)5-4-8-22-17;1-9(2,3)14-8(13)11-10(4,5)6-7-12;1-2/h4-8,12-13H,9-11H2,1-3H3;7H,6H2,1-5H3,(H,11,13);1-2H3. The maximum atomic E-state index is 13.3. The zero-order valence-electron chi connectivity index (χ0n) is 25.6. The Labute approximate surface area is 237 Å². The minimum absolute atomic E-state index is 0.0297. The van der Waals surface area contributed by atoms with Gasteiger partial charge >= 0.3 is 12.3 Å². The van der Waals surface area contributed by atoms with Crippen molar-refractivity contribution >= 4 is 29.0 Å². The largest absolute Gasteiger partial charge is 0.444 e. The van der Waals surface area contributed by atoms with E-state index in [0.29, 0.717) is 17.3 Å². The number of amides is 1. The van der Waals surface area contributed by atoms with Crippen molar-refractivity contribution in [2.24, 2.45) is 5.92 Å². The maximum absolute atomic E-state index is 13.3. The molecule has 0 aliphatic carbocycles. The lowest BCUT2D eigenvalue weighted by atomic mass is 9.94. The van der Waals surface area contributed by atoms with Gasteiger partial charge in [0.25, 0.3) is 0 Å². The Bertz CT molecular complexity index is 1100. The summed E-state index contributed by atoms with van der Waals surface area (Å²) in [6.45, 7) is 16.8. The summed E-state index contributed by atoms with van der Waals surface area (Å²) >= 11 is 0. The first-order valence-corrected chi connectivity index (χ1v) is 13.7. The second-order valence-corrected chi connectivity index (χ2v) is 11.8. The molecule has 2 unspecified atom stereocenters. The Kier molecular flexibility index (Phi) is 12.9. The van der Waals surface area contributed by atoms with Gasteiger partial charge in [0.1, 0.15) is 11.9 Å². The van der Waals surface area contributed by atoms with Gasteiger partial charge in [0.15, 0.2) is 0 Å². The Balaban J connectivity index is 0.000000430. The van der Waals surface area contributed by atoms with Crippen molar-refractivity contribution in [1.29, 1.82) is 0 Å². The fraction of sp³-hybridized carbons (Fsp3) is 0.633. The number of alkyl carbamates (subject to hydrolysis) is 1. The Morgan fingerprint density at radius 2 is 1.75 bits per heavy atom. The Hall–Kier alpha value is -2.88. The van der Waals surface area contributed by atoms with E-state index >= 15 is 0 Å². The lowest BCUT2D eigenvalue weighted by molar-refractivity contribution is -0.136. The summed E-state index contributed by atoms with van der Waals surface area (Å²) in [5.74, 6) is 0.486. The molecule has 226 valence electrons. The molecule has 0 spiro atoms. The molecule has 1 aromatic heterocycles. The molecule has 1 aliphatic rings. The predicted molar refractivity (Wildman–Crippen MR) is 156 cm³/mol. The van der Waals surface area contributed by atoms with Gasteiger partial charge in [-0.05, 0) is 85.3 Å². The normalized spacial score (nSPS) is 17.8. The number of ether oxygens (including phenoxy) is 1. The van der Waals surface area contributed by atoms with E-state index in [1.54, 1.807) is 52.8 Å². The van der Waals surface area contributed by atoms with Gasteiger partial charge in [-0.15, -0.1) is 0 Å². The fourth-order valence-corrected chi connectivity index (χ4v) is 4.39. The van der Waals surface area contributed by atoms with Crippen LogP contribution in [0.4, 0.5) is 23.7 Å². The van der Waals surface area contributed by atoms with E-state index in [0.717, 1.165) is 37.6 Å².